The highest BCUT2D eigenvalue weighted by Gasteiger charge is 2.21. The van der Waals surface area contributed by atoms with Crippen LogP contribution in [0.4, 0.5) is 0 Å². The van der Waals surface area contributed by atoms with Crippen LogP contribution in [0.25, 0.3) is 0 Å². The molecule has 28 heavy (non-hydrogen) atoms. The lowest BCUT2D eigenvalue weighted by molar-refractivity contribution is -0.885. The molecule has 1 unspecified atom stereocenters. The van der Waals surface area contributed by atoms with Crippen molar-refractivity contribution in [1.82, 2.24) is 5.32 Å². The summed E-state index contributed by atoms with van der Waals surface area (Å²) in [5.74, 6) is 1.13. The molecular formula is C22H29N2O4+. The van der Waals surface area contributed by atoms with Crippen molar-refractivity contribution in [1.29, 1.82) is 0 Å². The van der Waals surface area contributed by atoms with E-state index in [1.165, 1.54) is 6.92 Å². The Labute approximate surface area is 166 Å². The molecule has 6 heteroatoms. The van der Waals surface area contributed by atoms with Crippen molar-refractivity contribution in [3.05, 3.63) is 59.7 Å². The first kappa shape index (κ1) is 21.4. The quantitative estimate of drug-likeness (QED) is 0.641. The van der Waals surface area contributed by atoms with E-state index in [0.717, 1.165) is 16.0 Å². The first-order valence-electron chi connectivity index (χ1n) is 9.29. The Bertz CT molecular complexity index is 792. The van der Waals surface area contributed by atoms with Crippen molar-refractivity contribution in [2.24, 2.45) is 0 Å². The standard InChI is InChI=1S/C22H28N2O4/c1-16(25)19(13-17-9-6-5-7-10-17)23-21(26)15-24(2)14-18-11-8-12-20(27-3)22(18)28-4/h5-12,19H,13-15H2,1-4H3,(H,23,26)/p+1/t19-/m0/s1. The average molecular weight is 385 g/mol. The number of nitrogens with one attached hydrogen (secondary N) is 2. The maximum absolute atomic E-state index is 12.5. The van der Waals surface area contributed by atoms with Gasteiger partial charge in [-0.15, -0.1) is 0 Å². The van der Waals surface area contributed by atoms with Gasteiger partial charge >= 0.3 is 0 Å². The third-order valence-electron chi connectivity index (χ3n) is 4.55. The van der Waals surface area contributed by atoms with E-state index in [0.29, 0.717) is 24.5 Å². The summed E-state index contributed by atoms with van der Waals surface area (Å²) in [7, 11) is 5.13. The number of methoxy groups -OCH3 is 2. The molecule has 2 atom stereocenters. The number of carbonyl (C=O) groups excluding carboxylic acids is 2. The van der Waals surface area contributed by atoms with E-state index in [9.17, 15) is 9.59 Å². The molecular weight excluding hydrogens is 356 g/mol. The van der Waals surface area contributed by atoms with E-state index in [1.807, 2.05) is 55.6 Å². The van der Waals surface area contributed by atoms with Crippen LogP contribution in [0, 0.1) is 0 Å². The minimum Gasteiger partial charge on any atom is -0.493 e. The normalized spacial score (nSPS) is 12.7. The van der Waals surface area contributed by atoms with Gasteiger partial charge in [-0.1, -0.05) is 36.4 Å². The lowest BCUT2D eigenvalue weighted by Gasteiger charge is -2.19. The number of ether oxygens (including phenoxy) is 2. The molecule has 1 amide bonds. The zero-order chi connectivity index (χ0) is 20.5. The van der Waals surface area contributed by atoms with Gasteiger partial charge in [0.1, 0.15) is 6.54 Å². The zero-order valence-electron chi connectivity index (χ0n) is 17.0. The van der Waals surface area contributed by atoms with Crippen LogP contribution in [0.2, 0.25) is 0 Å². The topological polar surface area (TPSA) is 69.1 Å². The molecule has 0 aliphatic carbocycles. The molecule has 0 aliphatic heterocycles. The van der Waals surface area contributed by atoms with Gasteiger partial charge < -0.3 is 19.7 Å². The highest BCUT2D eigenvalue weighted by molar-refractivity contribution is 5.88. The fraction of sp³-hybridized carbons (Fsp3) is 0.364. The third kappa shape index (κ3) is 6.09. The van der Waals surface area contributed by atoms with Crippen molar-refractivity contribution < 1.29 is 24.0 Å². The summed E-state index contributed by atoms with van der Waals surface area (Å²) in [4.78, 5) is 25.4. The fourth-order valence-corrected chi connectivity index (χ4v) is 3.15. The number of para-hydroxylation sites is 1. The van der Waals surface area contributed by atoms with Crippen LogP contribution >= 0.6 is 0 Å². The van der Waals surface area contributed by atoms with Gasteiger partial charge in [-0.2, -0.15) is 0 Å². The van der Waals surface area contributed by atoms with Gasteiger partial charge in [-0.25, -0.2) is 0 Å². The van der Waals surface area contributed by atoms with Gasteiger partial charge in [0.15, 0.2) is 23.8 Å². The number of likely N-dealkylation sites (N-methyl/N-ethyl adjacent to an activating group) is 1. The van der Waals surface area contributed by atoms with Crippen molar-refractivity contribution in [2.75, 3.05) is 27.8 Å². The molecule has 0 bridgehead atoms. The second kappa shape index (κ2) is 10.5. The van der Waals surface area contributed by atoms with Gasteiger partial charge in [-0.3, -0.25) is 9.59 Å². The Hall–Kier alpha value is -2.86. The van der Waals surface area contributed by atoms with Crippen LogP contribution in [0.15, 0.2) is 48.5 Å². The molecule has 0 aliphatic rings. The molecule has 0 fully saturated rings. The summed E-state index contributed by atoms with van der Waals surface area (Å²) >= 11 is 0. The number of Topliss-reactive ketones (excluding diaryl/α,β-unsaturated/α-hetero) is 1. The van der Waals surface area contributed by atoms with Gasteiger partial charge in [-0.05, 0) is 31.0 Å². The van der Waals surface area contributed by atoms with Crippen molar-refractivity contribution in [3.63, 3.8) is 0 Å². The largest absolute Gasteiger partial charge is 0.493 e. The maximum Gasteiger partial charge on any atom is 0.275 e. The fourth-order valence-electron chi connectivity index (χ4n) is 3.15. The molecule has 0 heterocycles. The van der Waals surface area contributed by atoms with E-state index in [2.05, 4.69) is 5.32 Å². The summed E-state index contributed by atoms with van der Waals surface area (Å²) < 4.78 is 10.8. The van der Waals surface area contributed by atoms with Gasteiger partial charge in [0.2, 0.25) is 0 Å². The molecule has 150 valence electrons. The second-order valence-corrected chi connectivity index (χ2v) is 6.88. The Balaban J connectivity index is 1.97. The minimum absolute atomic E-state index is 0.0516. The highest BCUT2D eigenvalue weighted by atomic mass is 16.5. The van der Waals surface area contributed by atoms with Crippen molar-refractivity contribution in [2.45, 2.75) is 25.9 Å². The van der Waals surface area contributed by atoms with Crippen molar-refractivity contribution >= 4 is 11.7 Å². The molecule has 0 aromatic heterocycles. The molecule has 2 aromatic rings. The smallest absolute Gasteiger partial charge is 0.275 e. The van der Waals surface area contributed by atoms with Crippen LogP contribution in [0.5, 0.6) is 11.5 Å². The monoisotopic (exact) mass is 385 g/mol. The molecule has 2 N–H and O–H groups in total. The van der Waals surface area contributed by atoms with Crippen LogP contribution in [-0.4, -0.2) is 45.5 Å². The number of ketones is 1. The number of benzene rings is 2. The predicted molar refractivity (Wildman–Crippen MR) is 108 cm³/mol. The van der Waals surface area contributed by atoms with Gasteiger partial charge in [0, 0.05) is 0 Å². The molecule has 0 radical (unpaired) electrons. The molecule has 0 spiro atoms. The third-order valence-corrected chi connectivity index (χ3v) is 4.55. The SMILES string of the molecule is COc1cccc(C[NH+](C)CC(=O)N[C@@H](Cc2ccccc2)C(C)=O)c1OC. The number of amides is 1. The number of hydrogen-bond donors (Lipinski definition) is 2. The molecule has 2 aromatic carbocycles. The Morgan fingerprint density at radius 2 is 1.75 bits per heavy atom. The van der Waals surface area contributed by atoms with Crippen LogP contribution in [-0.2, 0) is 22.6 Å². The summed E-state index contributed by atoms with van der Waals surface area (Å²) in [6.07, 6.45) is 0.491. The second-order valence-electron chi connectivity index (χ2n) is 6.88. The molecule has 0 saturated carbocycles. The summed E-state index contributed by atoms with van der Waals surface area (Å²) in [5.41, 5.74) is 1.98. The predicted octanol–water partition coefficient (Wildman–Crippen LogP) is 1.04. The van der Waals surface area contributed by atoms with Gasteiger partial charge in [0.05, 0.1) is 32.9 Å². The van der Waals surface area contributed by atoms with E-state index >= 15 is 0 Å². The lowest BCUT2D eigenvalue weighted by Crippen LogP contribution is -3.09. The van der Waals surface area contributed by atoms with Crippen molar-refractivity contribution in [3.8, 4) is 11.5 Å². The van der Waals surface area contributed by atoms with Crippen LogP contribution in [0.1, 0.15) is 18.1 Å². The first-order valence-corrected chi connectivity index (χ1v) is 9.29. The summed E-state index contributed by atoms with van der Waals surface area (Å²) in [6.45, 7) is 2.35. The Morgan fingerprint density at radius 1 is 1.04 bits per heavy atom. The minimum atomic E-state index is -0.519. The van der Waals surface area contributed by atoms with Crippen LogP contribution in [0.3, 0.4) is 0 Å². The summed E-state index contributed by atoms with van der Waals surface area (Å²) in [5, 5.41) is 2.87. The van der Waals surface area contributed by atoms with E-state index in [4.69, 9.17) is 9.47 Å². The first-order chi connectivity index (χ1) is 13.4. The van der Waals surface area contributed by atoms with Crippen LogP contribution < -0.4 is 19.7 Å². The number of carbonyl (C=O) groups is 2. The number of rotatable bonds is 10. The van der Waals surface area contributed by atoms with E-state index in [-0.39, 0.29) is 18.2 Å². The Kier molecular flexibility index (Phi) is 8.02. The average Bonchev–Trinajstić information content (AvgIpc) is 2.67. The number of hydrogen-bond acceptors (Lipinski definition) is 4. The van der Waals surface area contributed by atoms with E-state index in [1.54, 1.807) is 14.2 Å². The molecule has 0 saturated heterocycles. The van der Waals surface area contributed by atoms with Gasteiger partial charge in [0.25, 0.3) is 5.91 Å². The molecule has 2 rings (SSSR count). The Morgan fingerprint density at radius 3 is 2.36 bits per heavy atom. The summed E-state index contributed by atoms with van der Waals surface area (Å²) in [6, 6.07) is 14.9. The lowest BCUT2D eigenvalue weighted by atomic mass is 10.0. The van der Waals surface area contributed by atoms with E-state index < -0.39 is 6.04 Å². The number of quaternary nitrogens is 1. The zero-order valence-corrected chi connectivity index (χ0v) is 17.0. The molecule has 6 nitrogen and oxygen atoms in total. The maximum atomic E-state index is 12.5. The highest BCUT2D eigenvalue weighted by Crippen LogP contribution is 2.29.